The SMILES string of the molecule is O=CCc1cc(Cl)cc(Cl)c1. The standard InChI is InChI=1S/C8H6Cl2O/c9-7-3-6(1-2-11)4-8(10)5-7/h2-5H,1H2. The van der Waals surface area contributed by atoms with E-state index in [-0.39, 0.29) is 0 Å². The van der Waals surface area contributed by atoms with Gasteiger partial charge in [-0.25, -0.2) is 0 Å². The Bertz CT molecular complexity index is 251. The molecule has 0 aromatic heterocycles. The fourth-order valence-electron chi connectivity index (χ4n) is 0.825. The molecule has 1 aromatic rings. The Kier molecular flexibility index (Phi) is 2.92. The fraction of sp³-hybridized carbons (Fsp3) is 0.125. The molecule has 1 aromatic carbocycles. The minimum absolute atomic E-state index is 0.361. The second-order valence-corrected chi connectivity index (χ2v) is 3.02. The van der Waals surface area contributed by atoms with Crippen LogP contribution in [0.5, 0.6) is 0 Å². The van der Waals surface area contributed by atoms with Gasteiger partial charge in [0.2, 0.25) is 0 Å². The van der Waals surface area contributed by atoms with Crippen molar-refractivity contribution in [2.45, 2.75) is 6.42 Å². The largest absolute Gasteiger partial charge is 0.303 e. The van der Waals surface area contributed by atoms with Gasteiger partial charge < -0.3 is 4.79 Å². The summed E-state index contributed by atoms with van der Waals surface area (Å²) in [6.45, 7) is 0. The first-order valence-electron chi connectivity index (χ1n) is 3.11. The van der Waals surface area contributed by atoms with Crippen molar-refractivity contribution in [1.82, 2.24) is 0 Å². The van der Waals surface area contributed by atoms with Crippen LogP contribution in [0.15, 0.2) is 18.2 Å². The van der Waals surface area contributed by atoms with E-state index < -0.39 is 0 Å². The Hall–Kier alpha value is -0.530. The van der Waals surface area contributed by atoms with Gasteiger partial charge in [-0.2, -0.15) is 0 Å². The lowest BCUT2D eigenvalue weighted by atomic mass is 10.2. The lowest BCUT2D eigenvalue weighted by molar-refractivity contribution is -0.107. The van der Waals surface area contributed by atoms with Crippen molar-refractivity contribution in [1.29, 1.82) is 0 Å². The summed E-state index contributed by atoms with van der Waals surface area (Å²) in [5, 5.41) is 1.13. The van der Waals surface area contributed by atoms with Crippen molar-refractivity contribution in [3.63, 3.8) is 0 Å². The molecule has 0 heterocycles. The lowest BCUT2D eigenvalue weighted by Crippen LogP contribution is -1.84. The second-order valence-electron chi connectivity index (χ2n) is 2.15. The average Bonchev–Trinajstić information content (AvgIpc) is 1.85. The van der Waals surface area contributed by atoms with Gasteiger partial charge in [-0.1, -0.05) is 23.2 Å². The monoisotopic (exact) mass is 188 g/mol. The third-order valence-corrected chi connectivity index (χ3v) is 1.68. The molecule has 3 heteroatoms. The topological polar surface area (TPSA) is 17.1 Å². The van der Waals surface area contributed by atoms with Gasteiger partial charge in [-0.15, -0.1) is 0 Å². The molecule has 0 atom stereocenters. The van der Waals surface area contributed by atoms with E-state index in [0.717, 1.165) is 11.8 Å². The number of aldehydes is 1. The van der Waals surface area contributed by atoms with Crippen molar-refractivity contribution in [3.05, 3.63) is 33.8 Å². The summed E-state index contributed by atoms with van der Waals surface area (Å²) in [4.78, 5) is 10.1. The Morgan fingerprint density at radius 3 is 2.18 bits per heavy atom. The molecule has 0 bridgehead atoms. The van der Waals surface area contributed by atoms with E-state index in [1.807, 2.05) is 0 Å². The number of halogens is 2. The maximum atomic E-state index is 10.1. The normalized spacial score (nSPS) is 9.64. The minimum Gasteiger partial charge on any atom is -0.303 e. The van der Waals surface area contributed by atoms with Gasteiger partial charge >= 0.3 is 0 Å². The van der Waals surface area contributed by atoms with Crippen molar-refractivity contribution in [2.75, 3.05) is 0 Å². The van der Waals surface area contributed by atoms with E-state index in [0.29, 0.717) is 16.5 Å². The first-order valence-corrected chi connectivity index (χ1v) is 3.86. The average molecular weight is 189 g/mol. The van der Waals surface area contributed by atoms with E-state index in [1.54, 1.807) is 18.2 Å². The van der Waals surface area contributed by atoms with Crippen LogP contribution in [0.2, 0.25) is 10.0 Å². The van der Waals surface area contributed by atoms with Crippen LogP contribution in [-0.4, -0.2) is 6.29 Å². The summed E-state index contributed by atoms with van der Waals surface area (Å²) in [6, 6.07) is 5.08. The van der Waals surface area contributed by atoms with Crippen LogP contribution in [-0.2, 0) is 11.2 Å². The van der Waals surface area contributed by atoms with Crippen molar-refractivity contribution >= 4 is 29.5 Å². The summed E-state index contributed by atoms with van der Waals surface area (Å²) in [5.41, 5.74) is 0.845. The smallest absolute Gasteiger partial charge is 0.124 e. The van der Waals surface area contributed by atoms with E-state index >= 15 is 0 Å². The molecular formula is C8H6Cl2O. The predicted molar refractivity (Wildman–Crippen MR) is 46.2 cm³/mol. The van der Waals surface area contributed by atoms with Crippen LogP contribution in [0.25, 0.3) is 0 Å². The fourth-order valence-corrected chi connectivity index (χ4v) is 1.40. The zero-order valence-corrected chi connectivity index (χ0v) is 7.19. The molecule has 0 N–H and O–H groups in total. The van der Waals surface area contributed by atoms with Crippen LogP contribution in [0.1, 0.15) is 5.56 Å². The highest BCUT2D eigenvalue weighted by molar-refractivity contribution is 6.34. The maximum absolute atomic E-state index is 10.1. The van der Waals surface area contributed by atoms with Crippen molar-refractivity contribution in [2.24, 2.45) is 0 Å². The summed E-state index contributed by atoms with van der Waals surface area (Å²) in [7, 11) is 0. The van der Waals surface area contributed by atoms with Gasteiger partial charge in [-0.05, 0) is 23.8 Å². The number of benzene rings is 1. The van der Waals surface area contributed by atoms with Gasteiger partial charge in [0.25, 0.3) is 0 Å². The molecule has 1 rings (SSSR count). The summed E-state index contributed by atoms with van der Waals surface area (Å²) in [5.74, 6) is 0. The molecular weight excluding hydrogens is 183 g/mol. The van der Waals surface area contributed by atoms with Crippen molar-refractivity contribution < 1.29 is 4.79 Å². The van der Waals surface area contributed by atoms with E-state index in [4.69, 9.17) is 23.2 Å². The Morgan fingerprint density at radius 1 is 1.18 bits per heavy atom. The van der Waals surface area contributed by atoms with Gasteiger partial charge in [0, 0.05) is 16.5 Å². The highest BCUT2D eigenvalue weighted by atomic mass is 35.5. The Balaban J connectivity index is 2.98. The third kappa shape index (κ3) is 2.52. The number of carbonyl (C=O) groups is 1. The van der Waals surface area contributed by atoms with Crippen LogP contribution in [0, 0.1) is 0 Å². The van der Waals surface area contributed by atoms with Gasteiger partial charge in [0.1, 0.15) is 6.29 Å². The Morgan fingerprint density at radius 2 is 1.73 bits per heavy atom. The molecule has 0 amide bonds. The van der Waals surface area contributed by atoms with E-state index in [1.165, 1.54) is 0 Å². The quantitative estimate of drug-likeness (QED) is 0.653. The summed E-state index contributed by atoms with van der Waals surface area (Å²) < 4.78 is 0. The van der Waals surface area contributed by atoms with Crippen molar-refractivity contribution in [3.8, 4) is 0 Å². The molecule has 1 nitrogen and oxygen atoms in total. The van der Waals surface area contributed by atoms with Gasteiger partial charge in [-0.3, -0.25) is 0 Å². The lowest BCUT2D eigenvalue weighted by Gasteiger charge is -1.96. The number of carbonyl (C=O) groups excluding carboxylic acids is 1. The number of hydrogen-bond acceptors (Lipinski definition) is 1. The summed E-state index contributed by atoms with van der Waals surface area (Å²) >= 11 is 11.4. The first kappa shape index (κ1) is 8.57. The highest BCUT2D eigenvalue weighted by Crippen LogP contribution is 2.18. The molecule has 0 radical (unpaired) electrons. The third-order valence-electron chi connectivity index (χ3n) is 1.24. The molecule has 11 heavy (non-hydrogen) atoms. The summed E-state index contributed by atoms with van der Waals surface area (Å²) in [6.07, 6.45) is 1.18. The molecule has 58 valence electrons. The zero-order valence-electron chi connectivity index (χ0n) is 5.68. The molecule has 0 aliphatic rings. The first-order chi connectivity index (χ1) is 5.22. The Labute approximate surface area is 74.9 Å². The molecule has 0 saturated heterocycles. The van der Waals surface area contributed by atoms with Crippen LogP contribution in [0.4, 0.5) is 0 Å². The zero-order chi connectivity index (χ0) is 8.27. The van der Waals surface area contributed by atoms with E-state index in [9.17, 15) is 4.79 Å². The molecule has 0 aliphatic carbocycles. The molecule has 0 aliphatic heterocycles. The highest BCUT2D eigenvalue weighted by Gasteiger charge is 1.96. The van der Waals surface area contributed by atoms with Crippen LogP contribution in [0.3, 0.4) is 0 Å². The van der Waals surface area contributed by atoms with Gasteiger partial charge in [0.05, 0.1) is 0 Å². The van der Waals surface area contributed by atoms with Gasteiger partial charge in [0.15, 0.2) is 0 Å². The van der Waals surface area contributed by atoms with E-state index in [2.05, 4.69) is 0 Å². The van der Waals surface area contributed by atoms with Crippen LogP contribution < -0.4 is 0 Å². The minimum atomic E-state index is 0.361. The molecule has 0 unspecified atom stereocenters. The number of hydrogen-bond donors (Lipinski definition) is 0. The maximum Gasteiger partial charge on any atom is 0.124 e. The molecule has 0 saturated carbocycles. The predicted octanol–water partition coefficient (Wildman–Crippen LogP) is 2.73. The number of rotatable bonds is 2. The van der Waals surface area contributed by atoms with Crippen LogP contribution >= 0.6 is 23.2 Å². The molecule has 0 spiro atoms. The molecule has 0 fully saturated rings. The second kappa shape index (κ2) is 3.74.